The second-order valence-corrected chi connectivity index (χ2v) is 4.76. The first-order valence-electron chi connectivity index (χ1n) is 6.23. The zero-order valence-electron chi connectivity index (χ0n) is 11.4. The predicted octanol–water partition coefficient (Wildman–Crippen LogP) is 2.08. The number of ether oxygens (including phenoxy) is 1. The van der Waals surface area contributed by atoms with Gasteiger partial charge in [-0.05, 0) is 18.1 Å². The second kappa shape index (κ2) is 7.01. The highest BCUT2D eigenvalue weighted by Gasteiger charge is 2.13. The maximum Gasteiger partial charge on any atom is 0.124 e. The van der Waals surface area contributed by atoms with Crippen LogP contribution in [-0.2, 0) is 4.74 Å². The number of para-hydroxylation sites is 1. The largest absolute Gasteiger partial charge is 0.384 e. The zero-order chi connectivity index (χ0) is 13.5. The molecule has 18 heavy (non-hydrogen) atoms. The fourth-order valence-electron chi connectivity index (χ4n) is 1.93. The fourth-order valence-corrected chi connectivity index (χ4v) is 1.93. The van der Waals surface area contributed by atoms with Gasteiger partial charge < -0.3 is 15.4 Å². The van der Waals surface area contributed by atoms with E-state index >= 15 is 0 Å². The van der Waals surface area contributed by atoms with Crippen LogP contribution in [0, 0.1) is 11.3 Å². The molecule has 0 unspecified atom stereocenters. The number of nitrogens with zero attached hydrogens (tertiary/aromatic N) is 1. The Labute approximate surface area is 109 Å². The van der Waals surface area contributed by atoms with Crippen LogP contribution < -0.4 is 10.6 Å². The highest BCUT2D eigenvalue weighted by atomic mass is 16.5. The van der Waals surface area contributed by atoms with Crippen LogP contribution in [0.4, 0.5) is 5.69 Å². The average Bonchev–Trinajstić information content (AvgIpc) is 2.34. The molecule has 0 atom stereocenters. The lowest BCUT2D eigenvalue weighted by Gasteiger charge is -2.28. The third kappa shape index (κ3) is 4.04. The van der Waals surface area contributed by atoms with Gasteiger partial charge in [-0.1, -0.05) is 26.0 Å². The van der Waals surface area contributed by atoms with E-state index in [-0.39, 0.29) is 5.84 Å². The molecule has 1 aromatic rings. The van der Waals surface area contributed by atoms with Crippen molar-refractivity contribution in [1.82, 2.24) is 0 Å². The van der Waals surface area contributed by atoms with Gasteiger partial charge in [-0.25, -0.2) is 0 Å². The van der Waals surface area contributed by atoms with E-state index in [9.17, 15) is 0 Å². The number of methoxy groups -OCH3 is 1. The molecule has 0 bridgehead atoms. The van der Waals surface area contributed by atoms with E-state index in [0.717, 1.165) is 24.3 Å². The summed E-state index contributed by atoms with van der Waals surface area (Å²) in [6, 6.07) is 7.78. The third-order valence-corrected chi connectivity index (χ3v) is 2.69. The Morgan fingerprint density at radius 3 is 2.61 bits per heavy atom. The van der Waals surface area contributed by atoms with Crippen LogP contribution in [0.2, 0.25) is 0 Å². The highest BCUT2D eigenvalue weighted by molar-refractivity contribution is 6.00. The standard InChI is InChI=1S/C14H23N3O/c1-11(2)10-17(8-9-18-3)13-7-5-4-6-12(13)14(15)16/h4-7,11H,8-10H2,1-3H3,(H3,15,16). The Morgan fingerprint density at radius 1 is 1.39 bits per heavy atom. The van der Waals surface area contributed by atoms with Gasteiger partial charge >= 0.3 is 0 Å². The Morgan fingerprint density at radius 2 is 2.06 bits per heavy atom. The van der Waals surface area contributed by atoms with Crippen molar-refractivity contribution in [2.75, 3.05) is 31.7 Å². The normalized spacial score (nSPS) is 10.7. The predicted molar refractivity (Wildman–Crippen MR) is 76.4 cm³/mol. The van der Waals surface area contributed by atoms with Gasteiger partial charge in [-0.2, -0.15) is 0 Å². The molecule has 0 aliphatic rings. The van der Waals surface area contributed by atoms with Gasteiger partial charge in [0.15, 0.2) is 0 Å². The van der Waals surface area contributed by atoms with Crippen LogP contribution in [0.15, 0.2) is 24.3 Å². The minimum Gasteiger partial charge on any atom is -0.384 e. The van der Waals surface area contributed by atoms with Crippen molar-refractivity contribution in [2.24, 2.45) is 11.7 Å². The third-order valence-electron chi connectivity index (χ3n) is 2.69. The molecule has 100 valence electrons. The second-order valence-electron chi connectivity index (χ2n) is 4.76. The van der Waals surface area contributed by atoms with Crippen molar-refractivity contribution in [2.45, 2.75) is 13.8 Å². The van der Waals surface area contributed by atoms with Crippen LogP contribution in [0.25, 0.3) is 0 Å². The summed E-state index contributed by atoms with van der Waals surface area (Å²) >= 11 is 0. The van der Waals surface area contributed by atoms with E-state index in [1.54, 1.807) is 7.11 Å². The number of hydrogen-bond donors (Lipinski definition) is 2. The summed E-state index contributed by atoms with van der Waals surface area (Å²) in [5.41, 5.74) is 7.43. The molecule has 0 aliphatic heterocycles. The topological polar surface area (TPSA) is 62.3 Å². The van der Waals surface area contributed by atoms with Gasteiger partial charge in [0.25, 0.3) is 0 Å². The summed E-state index contributed by atoms with van der Waals surface area (Å²) < 4.78 is 5.15. The van der Waals surface area contributed by atoms with Crippen molar-refractivity contribution in [3.05, 3.63) is 29.8 Å². The van der Waals surface area contributed by atoms with Gasteiger partial charge in [-0.15, -0.1) is 0 Å². The quantitative estimate of drug-likeness (QED) is 0.574. The lowest BCUT2D eigenvalue weighted by atomic mass is 10.1. The van der Waals surface area contributed by atoms with Crippen molar-refractivity contribution >= 4 is 11.5 Å². The maximum absolute atomic E-state index is 7.65. The minimum atomic E-state index is 0.108. The van der Waals surface area contributed by atoms with E-state index in [1.807, 2.05) is 24.3 Å². The first-order chi connectivity index (χ1) is 8.56. The van der Waals surface area contributed by atoms with Gasteiger partial charge in [0.2, 0.25) is 0 Å². The van der Waals surface area contributed by atoms with E-state index in [1.165, 1.54) is 0 Å². The average molecular weight is 249 g/mol. The van der Waals surface area contributed by atoms with Crippen LogP contribution in [0.5, 0.6) is 0 Å². The number of rotatable bonds is 7. The molecule has 3 N–H and O–H groups in total. The molecule has 0 heterocycles. The molecule has 0 spiro atoms. The molecular weight excluding hydrogens is 226 g/mol. The SMILES string of the molecule is COCCN(CC(C)C)c1ccccc1C(=N)N. The Bertz CT molecular complexity index is 390. The number of nitrogens with two attached hydrogens (primary N) is 1. The molecule has 0 radical (unpaired) electrons. The van der Waals surface area contributed by atoms with Crippen LogP contribution in [0.1, 0.15) is 19.4 Å². The van der Waals surface area contributed by atoms with Crippen LogP contribution in [0.3, 0.4) is 0 Å². The maximum atomic E-state index is 7.65. The van der Waals surface area contributed by atoms with Gasteiger partial charge in [-0.3, -0.25) is 5.41 Å². The summed E-state index contributed by atoms with van der Waals surface area (Å²) in [7, 11) is 1.70. The van der Waals surface area contributed by atoms with Gasteiger partial charge in [0.1, 0.15) is 5.84 Å². The van der Waals surface area contributed by atoms with Crippen molar-refractivity contribution < 1.29 is 4.74 Å². The van der Waals surface area contributed by atoms with E-state index in [0.29, 0.717) is 12.5 Å². The van der Waals surface area contributed by atoms with Crippen molar-refractivity contribution in [1.29, 1.82) is 5.41 Å². The lowest BCUT2D eigenvalue weighted by molar-refractivity contribution is 0.204. The highest BCUT2D eigenvalue weighted by Crippen LogP contribution is 2.20. The van der Waals surface area contributed by atoms with Gasteiger partial charge in [0, 0.05) is 31.5 Å². The lowest BCUT2D eigenvalue weighted by Crippen LogP contribution is -2.32. The molecule has 1 rings (SSSR count). The minimum absolute atomic E-state index is 0.108. The summed E-state index contributed by atoms with van der Waals surface area (Å²) in [5, 5.41) is 7.65. The van der Waals surface area contributed by atoms with E-state index < -0.39 is 0 Å². The summed E-state index contributed by atoms with van der Waals surface area (Å²) in [6.07, 6.45) is 0. The van der Waals surface area contributed by atoms with E-state index in [2.05, 4.69) is 18.7 Å². The van der Waals surface area contributed by atoms with Crippen LogP contribution >= 0.6 is 0 Å². The number of benzene rings is 1. The summed E-state index contributed by atoms with van der Waals surface area (Å²) in [6.45, 7) is 6.75. The zero-order valence-corrected chi connectivity index (χ0v) is 11.4. The summed E-state index contributed by atoms with van der Waals surface area (Å²) in [5.74, 6) is 0.652. The fraction of sp³-hybridized carbons (Fsp3) is 0.500. The van der Waals surface area contributed by atoms with Gasteiger partial charge in [0.05, 0.1) is 6.61 Å². The van der Waals surface area contributed by atoms with Crippen LogP contribution in [-0.4, -0.2) is 32.6 Å². The molecule has 0 saturated heterocycles. The summed E-state index contributed by atoms with van der Waals surface area (Å²) in [4.78, 5) is 2.23. The molecule has 0 fully saturated rings. The molecule has 0 saturated carbocycles. The monoisotopic (exact) mass is 249 g/mol. The molecular formula is C14H23N3O. The molecule has 4 nitrogen and oxygen atoms in total. The Balaban J connectivity index is 2.99. The van der Waals surface area contributed by atoms with Crippen molar-refractivity contribution in [3.8, 4) is 0 Å². The Hall–Kier alpha value is -1.55. The Kier molecular flexibility index (Phi) is 5.65. The number of nitrogen functional groups attached to an aromatic ring is 1. The number of nitrogens with one attached hydrogen (secondary N) is 1. The molecule has 0 aliphatic carbocycles. The number of hydrogen-bond acceptors (Lipinski definition) is 3. The number of anilines is 1. The molecule has 0 aromatic heterocycles. The first kappa shape index (κ1) is 14.5. The van der Waals surface area contributed by atoms with Crippen molar-refractivity contribution in [3.63, 3.8) is 0 Å². The van der Waals surface area contributed by atoms with E-state index in [4.69, 9.17) is 15.9 Å². The molecule has 4 heteroatoms. The molecule has 0 amide bonds. The first-order valence-corrected chi connectivity index (χ1v) is 6.23. The number of amidine groups is 1. The molecule has 1 aromatic carbocycles. The smallest absolute Gasteiger partial charge is 0.124 e.